The molecule has 0 N–H and O–H groups in total. The van der Waals surface area contributed by atoms with E-state index in [9.17, 15) is 0 Å². The molecule has 0 aliphatic rings. The van der Waals surface area contributed by atoms with Crippen molar-refractivity contribution < 1.29 is 0 Å². The minimum absolute atomic E-state index is 0.349. The molecule has 0 radical (unpaired) electrons. The summed E-state index contributed by atoms with van der Waals surface area (Å²) in [6, 6.07) is 32.5. The van der Waals surface area contributed by atoms with Gasteiger partial charge >= 0.3 is 159 Å². The maximum atomic E-state index is 6.01. The number of hydrogen-bond acceptors (Lipinski definition) is 0. The van der Waals surface area contributed by atoms with Crippen LogP contribution in [-0.4, -0.2) is 21.2 Å². The van der Waals surface area contributed by atoms with E-state index in [0.717, 1.165) is 3.98 Å². The third-order valence-electron chi connectivity index (χ3n) is 4.36. The fourth-order valence-corrected chi connectivity index (χ4v) is 21.9. The van der Waals surface area contributed by atoms with E-state index in [1.807, 2.05) is 6.08 Å². The summed E-state index contributed by atoms with van der Waals surface area (Å²) >= 11 is 8.65. The van der Waals surface area contributed by atoms with Crippen molar-refractivity contribution in [3.05, 3.63) is 102 Å². The number of allylic oxidation sites excluding steroid dienone is 1. The Kier molecular flexibility index (Phi) is 6.15. The molecule has 3 rings (SSSR count). The first-order valence-electron chi connectivity index (χ1n) is 7.91. The van der Waals surface area contributed by atoms with Gasteiger partial charge in [-0.2, -0.15) is 0 Å². The van der Waals surface area contributed by atoms with Crippen molar-refractivity contribution in [3.8, 4) is 0 Å². The second kappa shape index (κ2) is 8.33. The minimum atomic E-state index is -3.37. The molecule has 0 unspecified atom stereocenters. The zero-order chi connectivity index (χ0) is 16.8. The van der Waals surface area contributed by atoms with Crippen LogP contribution in [0.3, 0.4) is 0 Å². The van der Waals surface area contributed by atoms with E-state index in [-0.39, 0.29) is 0 Å². The molecule has 0 spiro atoms. The summed E-state index contributed by atoms with van der Waals surface area (Å²) in [6.07, 6.45) is 1.98. The molecular weight excluding hydrogens is 530 g/mol. The molecule has 0 aromatic heterocycles. The Morgan fingerprint density at radius 1 is 0.625 bits per heavy atom. The van der Waals surface area contributed by atoms with Crippen LogP contribution >= 0.6 is 23.2 Å². The van der Waals surface area contributed by atoms with E-state index in [2.05, 4.69) is 91.0 Å². The van der Waals surface area contributed by atoms with Gasteiger partial charge in [-0.1, -0.05) is 0 Å². The van der Waals surface area contributed by atoms with Gasteiger partial charge in [0.1, 0.15) is 0 Å². The van der Waals surface area contributed by atoms with Crippen molar-refractivity contribution in [2.75, 3.05) is 0 Å². The Labute approximate surface area is 158 Å². The molecule has 3 heteroatoms. The van der Waals surface area contributed by atoms with Crippen molar-refractivity contribution in [3.63, 3.8) is 0 Å². The number of halogens is 2. The van der Waals surface area contributed by atoms with Crippen LogP contribution in [0.1, 0.15) is 0 Å². The summed E-state index contributed by atoms with van der Waals surface area (Å²) in [5.41, 5.74) is 0. The van der Waals surface area contributed by atoms with Gasteiger partial charge in [0, 0.05) is 0 Å². The van der Waals surface area contributed by atoms with Gasteiger partial charge in [-0.25, -0.2) is 0 Å². The van der Waals surface area contributed by atoms with Crippen LogP contribution in [0.25, 0.3) is 0 Å². The average Bonchev–Trinajstić information content (AvgIpc) is 2.65. The summed E-state index contributed by atoms with van der Waals surface area (Å²) in [6.45, 7) is 0. The van der Waals surface area contributed by atoms with Crippen LogP contribution in [0, 0.1) is 0 Å². The fourth-order valence-electron chi connectivity index (χ4n) is 3.25. The van der Waals surface area contributed by atoms with Gasteiger partial charge in [-0.15, -0.1) is 0 Å². The van der Waals surface area contributed by atoms with E-state index in [4.69, 9.17) is 23.2 Å². The zero-order valence-electron chi connectivity index (χ0n) is 13.2. The van der Waals surface area contributed by atoms with E-state index in [1.54, 1.807) is 0 Å². The van der Waals surface area contributed by atoms with Crippen molar-refractivity contribution in [2.24, 2.45) is 0 Å². The van der Waals surface area contributed by atoms with Crippen molar-refractivity contribution in [2.45, 2.75) is 3.98 Å². The van der Waals surface area contributed by atoms with Crippen LogP contribution < -0.4 is 9.37 Å². The Morgan fingerprint density at radius 3 is 1.25 bits per heavy atom. The average molecular weight is 548 g/mol. The van der Waals surface area contributed by atoms with Crippen LogP contribution in [0.4, 0.5) is 0 Å². The molecule has 0 aliphatic heterocycles. The number of rotatable bonds is 5. The van der Waals surface area contributed by atoms with Gasteiger partial charge in [0.15, 0.2) is 0 Å². The summed E-state index contributed by atoms with van der Waals surface area (Å²) < 4.78 is 5.57. The molecule has 0 amide bonds. The zero-order valence-corrected chi connectivity index (χ0v) is 18.6. The van der Waals surface area contributed by atoms with E-state index >= 15 is 0 Å². The Hall–Kier alpha value is -1.10. The Balaban J connectivity index is 2.30. The molecule has 0 nitrogen and oxygen atoms in total. The summed E-state index contributed by atoms with van der Waals surface area (Å²) in [5, 5.41) is 0. The van der Waals surface area contributed by atoms with Gasteiger partial charge in [-0.3, -0.25) is 0 Å². The fraction of sp³-hybridized carbons (Fsp3) is 0.0476. The molecule has 3 aromatic rings. The number of hydrogen-bond donors (Lipinski definition) is 0. The van der Waals surface area contributed by atoms with Crippen LogP contribution in [-0.2, 0) is 0 Å². The topological polar surface area (TPSA) is 0 Å². The van der Waals surface area contributed by atoms with Gasteiger partial charge < -0.3 is 0 Å². The maximum absolute atomic E-state index is 6.01. The monoisotopic (exact) mass is 548 g/mol. The second-order valence-electron chi connectivity index (χ2n) is 5.70. The first kappa shape index (κ1) is 17.7. The molecule has 0 saturated carbocycles. The summed E-state index contributed by atoms with van der Waals surface area (Å²) in [7, 11) is 0. The normalized spacial score (nSPS) is 11.1. The Morgan fingerprint density at radius 2 is 0.958 bits per heavy atom. The molecule has 0 fully saturated rings. The first-order chi connectivity index (χ1) is 11.7. The molecule has 0 saturated heterocycles. The van der Waals surface area contributed by atoms with E-state index < -0.39 is 21.2 Å². The van der Waals surface area contributed by atoms with E-state index in [0.29, 0.717) is 4.49 Å². The molecule has 120 valence electrons. The molecular formula is C21H18Cl2Pb. The molecule has 24 heavy (non-hydrogen) atoms. The quantitative estimate of drug-likeness (QED) is 0.413. The third-order valence-corrected chi connectivity index (χ3v) is 23.2. The molecule has 0 aliphatic carbocycles. The Bertz CT molecular complexity index is 698. The summed E-state index contributed by atoms with van der Waals surface area (Å²) in [4.78, 5) is 0. The predicted molar refractivity (Wildman–Crippen MR) is 109 cm³/mol. The van der Waals surface area contributed by atoms with Gasteiger partial charge in [0.2, 0.25) is 0 Å². The molecule has 0 heterocycles. The van der Waals surface area contributed by atoms with Gasteiger partial charge in [0.25, 0.3) is 0 Å². The van der Waals surface area contributed by atoms with Crippen molar-refractivity contribution in [1.29, 1.82) is 0 Å². The van der Waals surface area contributed by atoms with Crippen LogP contribution in [0.5, 0.6) is 0 Å². The van der Waals surface area contributed by atoms with Crippen LogP contribution in [0.2, 0.25) is 3.98 Å². The predicted octanol–water partition coefficient (Wildman–Crippen LogP) is 4.48. The van der Waals surface area contributed by atoms with E-state index in [1.165, 1.54) is 9.37 Å². The molecule has 0 atom stereocenters. The first-order valence-corrected chi connectivity index (χ1v) is 17.2. The van der Waals surface area contributed by atoms with Crippen molar-refractivity contribution in [1.82, 2.24) is 0 Å². The van der Waals surface area contributed by atoms with Crippen LogP contribution in [0.15, 0.2) is 102 Å². The summed E-state index contributed by atoms with van der Waals surface area (Å²) in [5.74, 6) is 0. The van der Waals surface area contributed by atoms with Gasteiger partial charge in [-0.05, 0) is 0 Å². The second-order valence-corrected chi connectivity index (χ2v) is 22.1. The SMILES string of the molecule is ClC(Cl)=C[CH2][Pb]([c]1ccccc1)([c]1ccccc1)[c]1ccccc1. The third kappa shape index (κ3) is 3.76. The molecule has 0 bridgehead atoms. The van der Waals surface area contributed by atoms with Gasteiger partial charge in [0.05, 0.1) is 0 Å². The number of benzene rings is 3. The standard InChI is InChI=1S/3C6H5.C3H3Cl2.Pb/c3*1-2-4-6-5-3-1;1-2-3(4)5;/h3*1-5H;2H,1H2;. The molecule has 3 aromatic carbocycles. The van der Waals surface area contributed by atoms with Crippen molar-refractivity contribution >= 4 is 53.7 Å².